The molecule has 0 saturated heterocycles. The number of nitrogens with zero attached hydrogens (tertiary/aromatic N) is 3. The molecule has 0 atom stereocenters. The summed E-state index contributed by atoms with van der Waals surface area (Å²) in [5, 5.41) is 0.662. The van der Waals surface area contributed by atoms with Crippen LogP contribution in [0, 0.1) is 0 Å². The first-order valence-electron chi connectivity index (χ1n) is 8.95. The average molecular weight is 353 g/mol. The summed E-state index contributed by atoms with van der Waals surface area (Å²) in [6, 6.07) is 11.0. The molecular weight excluding hydrogens is 330 g/mol. The van der Waals surface area contributed by atoms with Gasteiger partial charge < -0.3 is 4.74 Å². The molecule has 4 nitrogen and oxygen atoms in total. The largest absolute Gasteiger partial charge is 0.431 e. The number of hydrogen-bond acceptors (Lipinski definition) is 5. The molecule has 3 aromatic rings. The van der Waals surface area contributed by atoms with Crippen molar-refractivity contribution in [3.8, 4) is 10.9 Å². The topological polar surface area (TPSA) is 38.2 Å². The molecule has 1 aromatic carbocycles. The van der Waals surface area contributed by atoms with Crippen LogP contribution in [-0.2, 0) is 6.54 Å². The number of fused-ring (bicyclic) bond motifs is 1. The van der Waals surface area contributed by atoms with Crippen LogP contribution in [0.15, 0.2) is 42.7 Å². The summed E-state index contributed by atoms with van der Waals surface area (Å²) in [5.74, 6) is 0.830. The zero-order chi connectivity index (χ0) is 17.1. The molecule has 2 heterocycles. The minimum Gasteiger partial charge on any atom is -0.431 e. The van der Waals surface area contributed by atoms with Gasteiger partial charge in [0.05, 0.1) is 10.2 Å². The molecule has 1 aliphatic rings. The van der Waals surface area contributed by atoms with E-state index in [4.69, 9.17) is 4.74 Å². The second-order valence-electron chi connectivity index (χ2n) is 6.78. The Kier molecular flexibility index (Phi) is 4.95. The molecule has 0 radical (unpaired) electrons. The van der Waals surface area contributed by atoms with Crippen LogP contribution in [0.25, 0.3) is 10.2 Å². The average Bonchev–Trinajstić information content (AvgIpc) is 3.06. The molecule has 0 amide bonds. The lowest BCUT2D eigenvalue weighted by atomic mass is 9.94. The molecule has 5 heteroatoms. The predicted molar refractivity (Wildman–Crippen MR) is 102 cm³/mol. The van der Waals surface area contributed by atoms with Crippen molar-refractivity contribution in [2.24, 2.45) is 0 Å². The van der Waals surface area contributed by atoms with Gasteiger partial charge in [0.25, 0.3) is 5.19 Å². The molecule has 0 aliphatic heterocycles. The van der Waals surface area contributed by atoms with E-state index in [2.05, 4.69) is 34.0 Å². The first kappa shape index (κ1) is 16.5. The fraction of sp³-hybridized carbons (Fsp3) is 0.400. The highest BCUT2D eigenvalue weighted by molar-refractivity contribution is 7.20. The Bertz CT molecular complexity index is 791. The van der Waals surface area contributed by atoms with Crippen molar-refractivity contribution >= 4 is 21.6 Å². The zero-order valence-electron chi connectivity index (χ0n) is 14.5. The van der Waals surface area contributed by atoms with Gasteiger partial charge in [-0.15, -0.1) is 0 Å². The van der Waals surface area contributed by atoms with Gasteiger partial charge in [-0.25, -0.2) is 4.98 Å². The SMILES string of the molecule is CN(Cc1ccc(Oc2nc3ccncc3s2)cc1)C1CCCCC1. The monoisotopic (exact) mass is 353 g/mol. The number of benzene rings is 1. The number of pyridine rings is 1. The van der Waals surface area contributed by atoms with Gasteiger partial charge in [-0.1, -0.05) is 42.7 Å². The van der Waals surface area contributed by atoms with Crippen LogP contribution in [-0.4, -0.2) is 28.0 Å². The van der Waals surface area contributed by atoms with E-state index >= 15 is 0 Å². The van der Waals surface area contributed by atoms with Crippen molar-refractivity contribution in [1.29, 1.82) is 0 Å². The molecule has 0 unspecified atom stereocenters. The molecule has 130 valence electrons. The zero-order valence-corrected chi connectivity index (χ0v) is 15.3. The summed E-state index contributed by atoms with van der Waals surface area (Å²) in [6.07, 6.45) is 10.4. The van der Waals surface area contributed by atoms with Crippen molar-refractivity contribution in [1.82, 2.24) is 14.9 Å². The van der Waals surface area contributed by atoms with Gasteiger partial charge in [-0.3, -0.25) is 9.88 Å². The van der Waals surface area contributed by atoms with Crippen LogP contribution in [0.4, 0.5) is 0 Å². The van der Waals surface area contributed by atoms with Gasteiger partial charge in [0.15, 0.2) is 0 Å². The van der Waals surface area contributed by atoms with E-state index in [0.29, 0.717) is 5.19 Å². The third-order valence-corrected chi connectivity index (χ3v) is 5.81. The van der Waals surface area contributed by atoms with Gasteiger partial charge in [-0.2, -0.15) is 0 Å². The molecule has 1 aliphatic carbocycles. The normalized spacial score (nSPS) is 15.8. The fourth-order valence-electron chi connectivity index (χ4n) is 3.51. The Hall–Kier alpha value is -1.98. The van der Waals surface area contributed by atoms with Crippen molar-refractivity contribution < 1.29 is 4.74 Å². The smallest absolute Gasteiger partial charge is 0.279 e. The van der Waals surface area contributed by atoms with E-state index in [1.807, 2.05) is 24.4 Å². The highest BCUT2D eigenvalue weighted by atomic mass is 32.1. The Morgan fingerprint density at radius 2 is 1.92 bits per heavy atom. The third-order valence-electron chi connectivity index (χ3n) is 4.93. The standard InChI is InChI=1S/C20H23N3OS/c1-23(16-5-3-2-4-6-16)14-15-7-9-17(10-8-15)24-20-22-18-11-12-21-13-19(18)25-20/h7-13,16H,2-6,14H2,1H3. The minimum atomic E-state index is 0.662. The summed E-state index contributed by atoms with van der Waals surface area (Å²) >= 11 is 1.52. The summed E-state index contributed by atoms with van der Waals surface area (Å²) in [6.45, 7) is 0.998. The molecule has 4 rings (SSSR count). The summed E-state index contributed by atoms with van der Waals surface area (Å²) < 4.78 is 6.95. The van der Waals surface area contributed by atoms with Crippen LogP contribution in [0.1, 0.15) is 37.7 Å². The van der Waals surface area contributed by atoms with Crippen LogP contribution in [0.2, 0.25) is 0 Å². The Morgan fingerprint density at radius 3 is 2.68 bits per heavy atom. The summed E-state index contributed by atoms with van der Waals surface area (Å²) in [4.78, 5) is 11.1. The Morgan fingerprint density at radius 1 is 1.12 bits per heavy atom. The molecule has 25 heavy (non-hydrogen) atoms. The Labute approximate surface area is 152 Å². The maximum Gasteiger partial charge on any atom is 0.279 e. The lowest BCUT2D eigenvalue weighted by Crippen LogP contribution is -2.32. The van der Waals surface area contributed by atoms with Crippen molar-refractivity contribution in [3.05, 3.63) is 48.3 Å². The summed E-state index contributed by atoms with van der Waals surface area (Å²) in [7, 11) is 2.25. The molecule has 1 fully saturated rings. The van der Waals surface area contributed by atoms with Gasteiger partial charge in [0.1, 0.15) is 5.75 Å². The highest BCUT2D eigenvalue weighted by Crippen LogP contribution is 2.31. The number of aromatic nitrogens is 2. The number of hydrogen-bond donors (Lipinski definition) is 0. The Balaban J connectivity index is 1.39. The highest BCUT2D eigenvalue weighted by Gasteiger charge is 2.17. The second-order valence-corrected chi connectivity index (χ2v) is 7.77. The van der Waals surface area contributed by atoms with Gasteiger partial charge >= 0.3 is 0 Å². The minimum absolute atomic E-state index is 0.662. The van der Waals surface area contributed by atoms with Crippen LogP contribution in [0.5, 0.6) is 10.9 Å². The maximum absolute atomic E-state index is 5.91. The van der Waals surface area contributed by atoms with E-state index in [1.54, 1.807) is 6.20 Å². The quantitative estimate of drug-likeness (QED) is 0.628. The molecule has 1 saturated carbocycles. The van der Waals surface area contributed by atoms with Gasteiger partial charge in [0.2, 0.25) is 0 Å². The number of rotatable bonds is 5. The number of thiazole rings is 1. The lowest BCUT2D eigenvalue weighted by Gasteiger charge is -2.31. The van der Waals surface area contributed by atoms with E-state index in [1.165, 1.54) is 49.0 Å². The molecule has 2 aromatic heterocycles. The molecule has 0 N–H and O–H groups in total. The first-order valence-corrected chi connectivity index (χ1v) is 9.77. The first-order chi connectivity index (χ1) is 12.3. The molecule has 0 spiro atoms. The van der Waals surface area contributed by atoms with Gasteiger partial charge in [0, 0.05) is 25.0 Å². The van der Waals surface area contributed by atoms with Crippen molar-refractivity contribution in [2.75, 3.05) is 7.05 Å². The van der Waals surface area contributed by atoms with Crippen LogP contribution >= 0.6 is 11.3 Å². The van der Waals surface area contributed by atoms with Crippen LogP contribution in [0.3, 0.4) is 0 Å². The van der Waals surface area contributed by atoms with E-state index in [0.717, 1.165) is 28.6 Å². The van der Waals surface area contributed by atoms with Gasteiger partial charge in [-0.05, 0) is 43.7 Å². The van der Waals surface area contributed by atoms with E-state index < -0.39 is 0 Å². The molecular formula is C20H23N3OS. The second kappa shape index (κ2) is 7.50. The van der Waals surface area contributed by atoms with Crippen molar-refractivity contribution in [2.45, 2.75) is 44.7 Å². The van der Waals surface area contributed by atoms with Crippen molar-refractivity contribution in [3.63, 3.8) is 0 Å². The lowest BCUT2D eigenvalue weighted by molar-refractivity contribution is 0.184. The fourth-order valence-corrected chi connectivity index (χ4v) is 4.31. The number of ether oxygens (including phenoxy) is 1. The summed E-state index contributed by atoms with van der Waals surface area (Å²) in [5.41, 5.74) is 2.26. The predicted octanol–water partition coefficient (Wildman–Crippen LogP) is 5.25. The van der Waals surface area contributed by atoms with E-state index in [-0.39, 0.29) is 0 Å². The molecule has 0 bridgehead atoms. The van der Waals surface area contributed by atoms with E-state index in [9.17, 15) is 0 Å². The van der Waals surface area contributed by atoms with Crippen LogP contribution < -0.4 is 4.74 Å². The maximum atomic E-state index is 5.91. The third kappa shape index (κ3) is 3.99.